The highest BCUT2D eigenvalue weighted by Crippen LogP contribution is 2.27. The quantitative estimate of drug-likeness (QED) is 0.296. The van der Waals surface area contributed by atoms with Gasteiger partial charge in [0.05, 0.1) is 5.69 Å². The molecule has 0 bridgehead atoms. The van der Waals surface area contributed by atoms with E-state index < -0.39 is 23.2 Å². The summed E-state index contributed by atoms with van der Waals surface area (Å²) >= 11 is 1.10. The minimum atomic E-state index is -0.989. The number of carbonyl (C=O) groups excluding carboxylic acids is 1. The SMILES string of the molecule is O=C(Nc1nc(-c2ccc(F)c(F)c2)cs1)c1cc2c(ccc3ccccc32)oc1=O. The average molecular weight is 434 g/mol. The van der Waals surface area contributed by atoms with Crippen molar-refractivity contribution in [3.8, 4) is 11.3 Å². The van der Waals surface area contributed by atoms with Crippen molar-refractivity contribution in [1.29, 1.82) is 0 Å². The van der Waals surface area contributed by atoms with Crippen LogP contribution in [0.5, 0.6) is 0 Å². The van der Waals surface area contributed by atoms with Crippen molar-refractivity contribution in [2.75, 3.05) is 5.32 Å². The second-order valence-electron chi connectivity index (χ2n) is 6.77. The van der Waals surface area contributed by atoms with Crippen LogP contribution in [0.3, 0.4) is 0 Å². The number of halogens is 2. The molecular formula is C23H12F2N2O3S. The van der Waals surface area contributed by atoms with Crippen molar-refractivity contribution in [1.82, 2.24) is 4.98 Å². The van der Waals surface area contributed by atoms with Crippen LogP contribution in [0.4, 0.5) is 13.9 Å². The van der Waals surface area contributed by atoms with Crippen molar-refractivity contribution < 1.29 is 18.0 Å². The summed E-state index contributed by atoms with van der Waals surface area (Å²) in [6, 6.07) is 16.0. The first-order valence-corrected chi connectivity index (χ1v) is 10.1. The Hall–Kier alpha value is -3.91. The lowest BCUT2D eigenvalue weighted by molar-refractivity contribution is 0.102. The topological polar surface area (TPSA) is 72.2 Å². The Morgan fingerprint density at radius 2 is 1.81 bits per heavy atom. The Morgan fingerprint density at radius 1 is 0.968 bits per heavy atom. The molecule has 8 heteroatoms. The molecular weight excluding hydrogens is 422 g/mol. The molecule has 0 unspecified atom stereocenters. The maximum Gasteiger partial charge on any atom is 0.349 e. The van der Waals surface area contributed by atoms with Crippen LogP contribution in [0, 0.1) is 11.6 Å². The monoisotopic (exact) mass is 434 g/mol. The van der Waals surface area contributed by atoms with E-state index in [0.717, 1.165) is 34.2 Å². The number of thiazole rings is 1. The number of carbonyl (C=O) groups is 1. The highest BCUT2D eigenvalue weighted by Gasteiger charge is 2.17. The van der Waals surface area contributed by atoms with Crippen molar-refractivity contribution in [3.05, 3.63) is 93.7 Å². The van der Waals surface area contributed by atoms with Crippen molar-refractivity contribution in [3.63, 3.8) is 0 Å². The van der Waals surface area contributed by atoms with Crippen LogP contribution in [0.15, 0.2) is 75.3 Å². The molecule has 0 aliphatic heterocycles. The fraction of sp³-hybridized carbons (Fsp3) is 0. The van der Waals surface area contributed by atoms with E-state index in [1.165, 1.54) is 12.1 Å². The molecule has 0 spiro atoms. The van der Waals surface area contributed by atoms with Crippen LogP contribution in [-0.4, -0.2) is 10.9 Å². The summed E-state index contributed by atoms with van der Waals surface area (Å²) < 4.78 is 32.0. The summed E-state index contributed by atoms with van der Waals surface area (Å²) in [7, 11) is 0. The highest BCUT2D eigenvalue weighted by atomic mass is 32.1. The number of rotatable bonds is 3. The number of hydrogen-bond donors (Lipinski definition) is 1. The van der Waals surface area contributed by atoms with Crippen molar-refractivity contribution in [2.24, 2.45) is 0 Å². The largest absolute Gasteiger partial charge is 0.422 e. The molecule has 3 aromatic carbocycles. The number of aromatic nitrogens is 1. The number of anilines is 1. The third kappa shape index (κ3) is 3.47. The number of amides is 1. The predicted octanol–water partition coefficient (Wildman–Crippen LogP) is 5.60. The van der Waals surface area contributed by atoms with Gasteiger partial charge in [-0.1, -0.05) is 30.3 Å². The molecule has 1 amide bonds. The maximum absolute atomic E-state index is 13.5. The van der Waals surface area contributed by atoms with Gasteiger partial charge in [-0.3, -0.25) is 10.1 Å². The molecule has 1 N–H and O–H groups in total. The highest BCUT2D eigenvalue weighted by molar-refractivity contribution is 7.14. The van der Waals surface area contributed by atoms with Crippen molar-refractivity contribution >= 4 is 44.1 Å². The van der Waals surface area contributed by atoms with Crippen LogP contribution < -0.4 is 10.9 Å². The smallest absolute Gasteiger partial charge is 0.349 e. The minimum Gasteiger partial charge on any atom is -0.422 e. The fourth-order valence-electron chi connectivity index (χ4n) is 3.31. The van der Waals surface area contributed by atoms with E-state index >= 15 is 0 Å². The van der Waals surface area contributed by atoms with Gasteiger partial charge >= 0.3 is 5.63 Å². The standard InChI is InChI=1S/C23H12F2N2O3S/c24-17-7-5-13(9-18(17)25)19-11-31-23(26-19)27-21(28)16-10-15-14-4-2-1-3-12(14)6-8-20(15)30-22(16)29/h1-11H,(H,26,27,28). The summed E-state index contributed by atoms with van der Waals surface area (Å²) in [6.45, 7) is 0. The lowest BCUT2D eigenvalue weighted by atomic mass is 10.0. The van der Waals surface area contributed by atoms with Gasteiger partial charge in [-0.05, 0) is 41.1 Å². The minimum absolute atomic E-state index is 0.159. The van der Waals surface area contributed by atoms with Crippen LogP contribution >= 0.6 is 11.3 Å². The lowest BCUT2D eigenvalue weighted by Gasteiger charge is -2.05. The fourth-order valence-corrected chi connectivity index (χ4v) is 4.03. The predicted molar refractivity (Wildman–Crippen MR) is 115 cm³/mol. The second-order valence-corrected chi connectivity index (χ2v) is 7.63. The molecule has 5 aromatic rings. The number of nitrogens with one attached hydrogen (secondary N) is 1. The molecule has 0 fully saturated rings. The number of hydrogen-bond acceptors (Lipinski definition) is 5. The van der Waals surface area contributed by atoms with E-state index in [4.69, 9.17) is 4.42 Å². The first-order chi connectivity index (χ1) is 15.0. The van der Waals surface area contributed by atoms with Crippen LogP contribution in [-0.2, 0) is 0 Å². The normalized spacial score (nSPS) is 11.2. The molecule has 5 nitrogen and oxygen atoms in total. The Morgan fingerprint density at radius 3 is 2.65 bits per heavy atom. The van der Waals surface area contributed by atoms with Gasteiger partial charge in [0.2, 0.25) is 0 Å². The number of nitrogens with zero attached hydrogens (tertiary/aromatic N) is 1. The average Bonchev–Trinajstić information content (AvgIpc) is 3.23. The van der Waals surface area contributed by atoms with E-state index in [1.807, 2.05) is 30.3 Å². The molecule has 5 rings (SSSR count). The van der Waals surface area contributed by atoms with Gasteiger partial charge in [-0.15, -0.1) is 11.3 Å². The molecule has 2 aromatic heterocycles. The van der Waals surface area contributed by atoms with Crippen LogP contribution in [0.1, 0.15) is 10.4 Å². The first kappa shape index (κ1) is 19.1. The summed E-state index contributed by atoms with van der Waals surface area (Å²) in [5.41, 5.74) is 0.198. The van der Waals surface area contributed by atoms with Gasteiger partial charge in [0.1, 0.15) is 11.1 Å². The third-order valence-electron chi connectivity index (χ3n) is 4.83. The summed E-state index contributed by atoms with van der Waals surface area (Å²) in [5, 5.41) is 6.82. The van der Waals surface area contributed by atoms with E-state index in [0.29, 0.717) is 22.2 Å². The molecule has 0 radical (unpaired) electrons. The van der Waals surface area contributed by atoms with Gasteiger partial charge in [0.15, 0.2) is 16.8 Å². The maximum atomic E-state index is 13.5. The molecule has 0 atom stereocenters. The zero-order valence-electron chi connectivity index (χ0n) is 15.7. The molecule has 0 saturated heterocycles. The summed E-state index contributed by atoms with van der Waals surface area (Å²) in [6.07, 6.45) is 0. The van der Waals surface area contributed by atoms with E-state index in [1.54, 1.807) is 11.4 Å². The molecule has 0 saturated carbocycles. The molecule has 0 aliphatic rings. The second kappa shape index (κ2) is 7.41. The molecule has 2 heterocycles. The van der Waals surface area contributed by atoms with E-state index in [-0.39, 0.29) is 10.7 Å². The Balaban J connectivity index is 1.48. The zero-order chi connectivity index (χ0) is 21.5. The summed E-state index contributed by atoms with van der Waals surface area (Å²) in [5.74, 6) is -2.62. The van der Waals surface area contributed by atoms with Crippen LogP contribution in [0.25, 0.3) is 33.0 Å². The van der Waals surface area contributed by atoms with E-state index in [9.17, 15) is 18.4 Å². The number of fused-ring (bicyclic) bond motifs is 3. The van der Waals surface area contributed by atoms with Crippen LogP contribution in [0.2, 0.25) is 0 Å². The van der Waals surface area contributed by atoms with E-state index in [2.05, 4.69) is 10.3 Å². The van der Waals surface area contributed by atoms with Gasteiger partial charge < -0.3 is 4.42 Å². The molecule has 0 aliphatic carbocycles. The third-order valence-corrected chi connectivity index (χ3v) is 5.58. The Kier molecular flexibility index (Phi) is 4.56. The molecule has 152 valence electrons. The Labute approximate surface area is 177 Å². The van der Waals surface area contributed by atoms with Gasteiger partial charge in [-0.25, -0.2) is 18.6 Å². The van der Waals surface area contributed by atoms with Gasteiger partial charge in [-0.2, -0.15) is 0 Å². The molecule has 31 heavy (non-hydrogen) atoms. The lowest BCUT2D eigenvalue weighted by Crippen LogP contribution is -2.20. The summed E-state index contributed by atoms with van der Waals surface area (Å²) in [4.78, 5) is 29.3. The number of benzene rings is 3. The first-order valence-electron chi connectivity index (χ1n) is 9.17. The van der Waals surface area contributed by atoms with Gasteiger partial charge in [0.25, 0.3) is 5.91 Å². The zero-order valence-corrected chi connectivity index (χ0v) is 16.5. The van der Waals surface area contributed by atoms with Crippen molar-refractivity contribution in [2.45, 2.75) is 0 Å². The Bertz CT molecular complexity index is 1540. The van der Waals surface area contributed by atoms with Gasteiger partial charge in [0, 0.05) is 16.3 Å².